The van der Waals surface area contributed by atoms with E-state index in [4.69, 9.17) is 10.4 Å². The van der Waals surface area contributed by atoms with Crippen molar-refractivity contribution in [3.63, 3.8) is 0 Å². The Bertz CT molecular complexity index is 451. The highest BCUT2D eigenvalue weighted by Crippen LogP contribution is 2.15. The first-order valence-corrected chi connectivity index (χ1v) is 4.80. The Morgan fingerprint density at radius 1 is 1.62 bits per heavy atom. The van der Waals surface area contributed by atoms with Crippen molar-refractivity contribution in [1.82, 2.24) is 4.98 Å². The van der Waals surface area contributed by atoms with Gasteiger partial charge >= 0.3 is 5.97 Å². The fraction of sp³-hybridized carbons (Fsp3) is 0.364. The number of carboxylic acids is 1. The molecule has 1 aromatic heterocycles. The molecule has 84 valence electrons. The second-order valence-corrected chi connectivity index (χ2v) is 3.59. The summed E-state index contributed by atoms with van der Waals surface area (Å²) in [5.74, 6) is -0.434. The van der Waals surface area contributed by atoms with E-state index in [1.807, 2.05) is 6.07 Å². The number of aromatic nitrogens is 1. The van der Waals surface area contributed by atoms with Crippen LogP contribution in [0.3, 0.4) is 0 Å². The van der Waals surface area contributed by atoms with Crippen molar-refractivity contribution in [2.24, 2.45) is 0 Å². The first kappa shape index (κ1) is 12.0. The van der Waals surface area contributed by atoms with Gasteiger partial charge in [-0.2, -0.15) is 5.26 Å². The number of nitriles is 1. The predicted molar refractivity (Wildman–Crippen MR) is 59.2 cm³/mol. The molecule has 1 heterocycles. The molecule has 0 amide bonds. The molecule has 0 spiro atoms. The van der Waals surface area contributed by atoms with Crippen molar-refractivity contribution in [3.05, 3.63) is 23.4 Å². The maximum atomic E-state index is 10.8. The zero-order valence-corrected chi connectivity index (χ0v) is 9.43. The average molecular weight is 219 g/mol. The smallest absolute Gasteiger partial charge is 0.326 e. The number of nitrogens with zero attached hydrogens (tertiary/aromatic N) is 3. The third-order valence-electron chi connectivity index (χ3n) is 2.37. The Morgan fingerprint density at radius 2 is 2.25 bits per heavy atom. The summed E-state index contributed by atoms with van der Waals surface area (Å²) in [7, 11) is 1.64. The SMILES string of the molecule is Cc1cc(C#N)cc(N(C)C(C)C(=O)O)n1. The number of rotatable bonds is 3. The van der Waals surface area contributed by atoms with E-state index >= 15 is 0 Å². The minimum Gasteiger partial charge on any atom is -0.480 e. The highest BCUT2D eigenvalue weighted by molar-refractivity contribution is 5.77. The topological polar surface area (TPSA) is 77.2 Å². The molecule has 5 heteroatoms. The molecule has 0 aliphatic rings. The third kappa shape index (κ3) is 2.48. The standard InChI is InChI=1S/C11H13N3O2/c1-7-4-9(6-12)5-10(13-7)14(3)8(2)11(15)16/h4-5,8H,1-3H3,(H,15,16). The highest BCUT2D eigenvalue weighted by atomic mass is 16.4. The van der Waals surface area contributed by atoms with E-state index < -0.39 is 12.0 Å². The van der Waals surface area contributed by atoms with Gasteiger partial charge in [0.2, 0.25) is 0 Å². The van der Waals surface area contributed by atoms with Gasteiger partial charge in [-0.3, -0.25) is 0 Å². The molecule has 1 rings (SSSR count). The van der Waals surface area contributed by atoms with Crippen molar-refractivity contribution in [2.45, 2.75) is 19.9 Å². The average Bonchev–Trinajstić information content (AvgIpc) is 2.25. The Labute approximate surface area is 93.9 Å². The summed E-state index contributed by atoms with van der Waals surface area (Å²) in [6.45, 7) is 3.34. The lowest BCUT2D eigenvalue weighted by atomic mass is 10.2. The fourth-order valence-corrected chi connectivity index (χ4v) is 1.26. The molecule has 0 radical (unpaired) electrons. The second kappa shape index (κ2) is 4.62. The van der Waals surface area contributed by atoms with Gasteiger partial charge in [-0.15, -0.1) is 0 Å². The summed E-state index contributed by atoms with van der Waals surface area (Å²) in [6, 6.07) is 4.57. The van der Waals surface area contributed by atoms with E-state index in [0.29, 0.717) is 17.1 Å². The second-order valence-electron chi connectivity index (χ2n) is 3.59. The van der Waals surface area contributed by atoms with Gasteiger partial charge in [-0.05, 0) is 26.0 Å². The van der Waals surface area contributed by atoms with Gasteiger partial charge in [0.05, 0.1) is 11.6 Å². The number of carbonyl (C=O) groups is 1. The number of hydrogen-bond acceptors (Lipinski definition) is 4. The number of likely N-dealkylation sites (N-methyl/N-ethyl adjacent to an activating group) is 1. The molecule has 0 aliphatic heterocycles. The lowest BCUT2D eigenvalue weighted by Crippen LogP contribution is -2.36. The molecular formula is C11H13N3O2. The van der Waals surface area contributed by atoms with E-state index in [0.717, 1.165) is 0 Å². The largest absolute Gasteiger partial charge is 0.480 e. The Morgan fingerprint density at radius 3 is 2.75 bits per heavy atom. The molecule has 0 aliphatic carbocycles. The summed E-state index contributed by atoms with van der Waals surface area (Å²) < 4.78 is 0. The van der Waals surface area contributed by atoms with Crippen LogP contribution in [-0.4, -0.2) is 29.1 Å². The Balaban J connectivity index is 3.09. The fourth-order valence-electron chi connectivity index (χ4n) is 1.26. The summed E-state index contributed by atoms with van der Waals surface area (Å²) in [5.41, 5.74) is 1.17. The van der Waals surface area contributed by atoms with E-state index in [2.05, 4.69) is 4.98 Å². The Kier molecular flexibility index (Phi) is 3.46. The number of carboxylic acid groups (broad SMARTS) is 1. The molecule has 0 fully saturated rings. The number of anilines is 1. The minimum atomic E-state index is -0.927. The van der Waals surface area contributed by atoms with Crippen LogP contribution in [0.5, 0.6) is 0 Å². The van der Waals surface area contributed by atoms with Crippen LogP contribution in [0.1, 0.15) is 18.2 Å². The lowest BCUT2D eigenvalue weighted by molar-refractivity contribution is -0.138. The first-order chi connectivity index (χ1) is 7.45. The quantitative estimate of drug-likeness (QED) is 0.825. The molecule has 0 saturated carbocycles. The Hall–Kier alpha value is -2.09. The maximum absolute atomic E-state index is 10.8. The van der Waals surface area contributed by atoms with Gasteiger partial charge in [0, 0.05) is 12.7 Å². The van der Waals surface area contributed by atoms with E-state index in [9.17, 15) is 4.79 Å². The highest BCUT2D eigenvalue weighted by Gasteiger charge is 2.18. The number of hydrogen-bond donors (Lipinski definition) is 1. The minimum absolute atomic E-state index is 0.479. The first-order valence-electron chi connectivity index (χ1n) is 4.80. The summed E-state index contributed by atoms with van der Waals surface area (Å²) >= 11 is 0. The van der Waals surface area contributed by atoms with Crippen molar-refractivity contribution >= 4 is 11.8 Å². The molecule has 1 N–H and O–H groups in total. The van der Waals surface area contributed by atoms with Crippen molar-refractivity contribution in [2.75, 3.05) is 11.9 Å². The zero-order chi connectivity index (χ0) is 12.3. The van der Waals surface area contributed by atoms with Gasteiger partial charge in [-0.25, -0.2) is 9.78 Å². The summed E-state index contributed by atoms with van der Waals surface area (Å²) in [6.07, 6.45) is 0. The van der Waals surface area contributed by atoms with Crippen molar-refractivity contribution in [1.29, 1.82) is 5.26 Å². The molecule has 16 heavy (non-hydrogen) atoms. The number of aryl methyl sites for hydroxylation is 1. The van der Waals surface area contributed by atoms with Gasteiger partial charge in [-0.1, -0.05) is 0 Å². The van der Waals surface area contributed by atoms with Gasteiger partial charge in [0.25, 0.3) is 0 Å². The molecule has 5 nitrogen and oxygen atoms in total. The summed E-state index contributed by atoms with van der Waals surface area (Å²) in [5, 5.41) is 17.7. The van der Waals surface area contributed by atoms with E-state index in [1.54, 1.807) is 33.0 Å². The van der Waals surface area contributed by atoms with Crippen LogP contribution in [0.4, 0.5) is 5.82 Å². The van der Waals surface area contributed by atoms with Crippen LogP contribution in [0.25, 0.3) is 0 Å². The van der Waals surface area contributed by atoms with Crippen LogP contribution >= 0.6 is 0 Å². The molecule has 0 aromatic carbocycles. The van der Waals surface area contributed by atoms with Crippen LogP contribution in [-0.2, 0) is 4.79 Å². The molecule has 0 bridgehead atoms. The monoisotopic (exact) mass is 219 g/mol. The molecule has 0 saturated heterocycles. The molecule has 1 aromatic rings. The normalized spacial score (nSPS) is 11.6. The van der Waals surface area contributed by atoms with Gasteiger partial charge in [0.15, 0.2) is 0 Å². The van der Waals surface area contributed by atoms with Crippen LogP contribution < -0.4 is 4.90 Å². The van der Waals surface area contributed by atoms with Crippen LogP contribution in [0.2, 0.25) is 0 Å². The van der Waals surface area contributed by atoms with Crippen LogP contribution in [0, 0.1) is 18.3 Å². The van der Waals surface area contributed by atoms with Gasteiger partial charge < -0.3 is 10.0 Å². The van der Waals surface area contributed by atoms with Crippen molar-refractivity contribution < 1.29 is 9.90 Å². The number of aliphatic carboxylic acids is 1. The third-order valence-corrected chi connectivity index (χ3v) is 2.37. The maximum Gasteiger partial charge on any atom is 0.326 e. The molecule has 1 unspecified atom stereocenters. The zero-order valence-electron chi connectivity index (χ0n) is 9.43. The predicted octanol–water partition coefficient (Wildman–Crippen LogP) is 1.17. The molecular weight excluding hydrogens is 206 g/mol. The van der Waals surface area contributed by atoms with Crippen LogP contribution in [0.15, 0.2) is 12.1 Å². The van der Waals surface area contributed by atoms with Gasteiger partial charge in [0.1, 0.15) is 11.9 Å². The number of pyridine rings is 1. The van der Waals surface area contributed by atoms with E-state index in [-0.39, 0.29) is 0 Å². The van der Waals surface area contributed by atoms with Crippen molar-refractivity contribution in [3.8, 4) is 6.07 Å². The summed E-state index contributed by atoms with van der Waals surface area (Å²) in [4.78, 5) is 16.5. The molecule has 1 atom stereocenters. The lowest BCUT2D eigenvalue weighted by Gasteiger charge is -2.22. The van der Waals surface area contributed by atoms with E-state index in [1.165, 1.54) is 4.90 Å².